The molecule has 0 aliphatic rings. The van der Waals surface area contributed by atoms with Gasteiger partial charge in [-0.15, -0.1) is 0 Å². The Bertz CT molecular complexity index is 8090. The second-order valence-electron chi connectivity index (χ2n) is 33.0. The molecule has 0 aliphatic carbocycles. The summed E-state index contributed by atoms with van der Waals surface area (Å²) in [5.74, 6) is 4.03. The van der Waals surface area contributed by atoms with Crippen LogP contribution in [0.15, 0.2) is 467 Å². The number of hydrogen-bond acceptors (Lipinski definition) is 7. The summed E-state index contributed by atoms with van der Waals surface area (Å²) in [5, 5.41) is 14.3. The van der Waals surface area contributed by atoms with E-state index in [1.165, 1.54) is 64.9 Å². The quantitative estimate of drug-likeness (QED) is 0.119. The minimum absolute atomic E-state index is 0.585. The van der Waals surface area contributed by atoms with E-state index in [0.29, 0.717) is 29.4 Å². The third kappa shape index (κ3) is 12.9. The highest BCUT2D eigenvalue weighted by molar-refractivity contribution is 6.27. The van der Waals surface area contributed by atoms with Gasteiger partial charge in [0.2, 0.25) is 11.9 Å². The lowest BCUT2D eigenvalue weighted by Gasteiger charge is -2.14. The van der Waals surface area contributed by atoms with Crippen LogP contribution in [0.1, 0.15) is 0 Å². The van der Waals surface area contributed by atoms with Crippen LogP contribution in [-0.4, -0.2) is 62.3 Å². The van der Waals surface area contributed by atoms with Gasteiger partial charge in [0.25, 0.3) is 0 Å². The molecule has 0 fully saturated rings. The van der Waals surface area contributed by atoms with Gasteiger partial charge in [-0.1, -0.05) is 382 Å². The normalized spacial score (nSPS) is 11.6. The van der Waals surface area contributed by atoms with Crippen molar-refractivity contribution in [3.8, 4) is 103 Å². The topological polar surface area (TPSA) is 120 Å². The maximum absolute atomic E-state index is 5.28. The van der Waals surface area contributed by atoms with Crippen molar-refractivity contribution in [2.24, 2.45) is 0 Å². The van der Waals surface area contributed by atoms with E-state index in [0.717, 1.165) is 139 Å². The average Bonchev–Trinajstić information content (AvgIpc) is 1.55. The van der Waals surface area contributed by atoms with E-state index in [2.05, 4.69) is 397 Å². The summed E-state index contributed by atoms with van der Waals surface area (Å²) < 4.78 is 14.0. The predicted molar refractivity (Wildman–Crippen MR) is 543 cm³/mol. The first-order valence-electron chi connectivity index (χ1n) is 44.5. The van der Waals surface area contributed by atoms with Gasteiger partial charge < -0.3 is 13.7 Å². The molecule has 132 heavy (non-hydrogen) atoms. The Balaban J connectivity index is 0.000000106. The lowest BCUT2D eigenvalue weighted by atomic mass is 10.1. The van der Waals surface area contributed by atoms with Crippen molar-refractivity contribution >= 4 is 131 Å². The molecular weight excluding hydrogens is 1610 g/mol. The standard InChI is InChI=1S/2C40H26N4.C39H25N5/c1-4-14-27(15-5-1)34-26-35(28-16-6-2-7-17-28)42-40(41-34)44-37-23-13-11-21-31(37)33-25-24-32-30-20-10-12-22-36(30)43(38(32)39(33)44)29-18-8-3-9-19-29;1-4-14-27(15-5-1)34-26-37(42-40(41-34)28-16-6-2-7-17-28)44-36-23-13-11-21-31(36)33-25-24-32-30-20-10-12-22-35(30)43(38(32)39(33)44)29-18-8-3-9-19-29;1-4-14-26(15-5-1)37-40-38(27-16-6-2-7-17-27)42-39(41-37)44-34-23-13-11-21-30(34)32-25-24-31-29-20-10-12-22-33(29)43(35(31)36(32)44)28-18-8-3-9-19-28/h2*1-26H;1-25H. The SMILES string of the molecule is c1ccc(-c2cc(-c3ccccc3)nc(-n3c4ccccc4c4ccc5c6ccccc6n(-c6ccccc6)c5c43)n2)cc1.c1ccc(-c2cc(-n3c4ccccc4c4ccc5c6ccccc6n(-c6ccccc6)c5c43)nc(-c3ccccc3)n2)cc1.c1ccc(-c2nc(-c3ccccc3)nc(-n3c4ccccc4c4ccc5c6ccccc6n(-c6ccccc6)c5c43)n2)cc1. The zero-order valence-electron chi connectivity index (χ0n) is 71.3. The van der Waals surface area contributed by atoms with Crippen LogP contribution in [0.3, 0.4) is 0 Å². The van der Waals surface area contributed by atoms with Gasteiger partial charge in [0, 0.05) is 121 Å². The molecular formula is C119H77N13. The Hall–Kier alpha value is -18.1. The zero-order valence-corrected chi connectivity index (χ0v) is 71.3. The summed E-state index contributed by atoms with van der Waals surface area (Å²) in [4.78, 5) is 36.2. The van der Waals surface area contributed by atoms with Crippen LogP contribution in [0, 0.1) is 0 Å². The van der Waals surface area contributed by atoms with Gasteiger partial charge in [0.1, 0.15) is 5.82 Å². The Kier molecular flexibility index (Phi) is 18.6. The first-order valence-corrected chi connectivity index (χ1v) is 44.5. The van der Waals surface area contributed by atoms with Crippen molar-refractivity contribution < 1.29 is 0 Å². The second kappa shape index (κ2) is 32.1. The van der Waals surface area contributed by atoms with E-state index in [-0.39, 0.29) is 0 Å². The highest BCUT2D eigenvalue weighted by Gasteiger charge is 2.29. The van der Waals surface area contributed by atoms with Crippen molar-refractivity contribution in [1.29, 1.82) is 0 Å². The largest absolute Gasteiger partial charge is 0.307 e. The lowest BCUT2D eigenvalue weighted by Crippen LogP contribution is -2.07. The van der Waals surface area contributed by atoms with Gasteiger partial charge >= 0.3 is 0 Å². The minimum Gasteiger partial charge on any atom is -0.307 e. The molecule has 0 unspecified atom stereocenters. The lowest BCUT2D eigenvalue weighted by molar-refractivity contribution is 0.953. The maximum Gasteiger partial charge on any atom is 0.238 e. The Labute approximate surface area is 757 Å². The molecule has 0 N–H and O–H groups in total. The van der Waals surface area contributed by atoms with Crippen molar-refractivity contribution in [3.63, 3.8) is 0 Å². The van der Waals surface area contributed by atoms with Gasteiger partial charge in [0.05, 0.1) is 83.3 Å². The number of fused-ring (bicyclic) bond motifs is 21. The highest BCUT2D eigenvalue weighted by Crippen LogP contribution is 2.47. The summed E-state index contributed by atoms with van der Waals surface area (Å²) in [5.41, 5.74) is 25.5. The molecule has 0 atom stereocenters. The fourth-order valence-corrected chi connectivity index (χ4v) is 19.7. The van der Waals surface area contributed by atoms with Crippen molar-refractivity contribution in [2.75, 3.05) is 0 Å². The molecule has 27 aromatic rings. The van der Waals surface area contributed by atoms with Crippen molar-refractivity contribution in [3.05, 3.63) is 467 Å². The summed E-state index contributed by atoms with van der Waals surface area (Å²) in [6.45, 7) is 0. The molecule has 13 nitrogen and oxygen atoms in total. The van der Waals surface area contributed by atoms with Gasteiger partial charge in [-0.2, -0.15) is 9.97 Å². The summed E-state index contributed by atoms with van der Waals surface area (Å²) in [7, 11) is 0. The summed E-state index contributed by atoms with van der Waals surface area (Å²) >= 11 is 0. The zero-order chi connectivity index (χ0) is 87.1. The molecule has 13 heteroatoms. The minimum atomic E-state index is 0.585. The molecule has 0 saturated carbocycles. The van der Waals surface area contributed by atoms with Crippen molar-refractivity contribution in [1.82, 2.24) is 62.3 Å². The molecule has 0 amide bonds. The number of rotatable bonds is 12. The highest BCUT2D eigenvalue weighted by atomic mass is 15.2. The van der Waals surface area contributed by atoms with Crippen LogP contribution in [-0.2, 0) is 0 Å². The predicted octanol–water partition coefficient (Wildman–Crippen LogP) is 29.4. The first kappa shape index (κ1) is 76.4. The van der Waals surface area contributed by atoms with E-state index < -0.39 is 0 Å². The monoisotopic (exact) mass is 1690 g/mol. The number of nitrogens with zero attached hydrogens (tertiary/aromatic N) is 13. The number of aromatic nitrogens is 13. The molecule has 9 heterocycles. The number of benzene rings is 18. The smallest absolute Gasteiger partial charge is 0.238 e. The van der Waals surface area contributed by atoms with E-state index >= 15 is 0 Å². The van der Waals surface area contributed by atoms with Crippen molar-refractivity contribution in [2.45, 2.75) is 0 Å². The van der Waals surface area contributed by atoms with Crippen LogP contribution in [0.5, 0.6) is 0 Å². The number of para-hydroxylation sites is 9. The van der Waals surface area contributed by atoms with Crippen LogP contribution in [0.2, 0.25) is 0 Å². The van der Waals surface area contributed by atoms with E-state index in [1.807, 2.05) is 97.1 Å². The molecule has 618 valence electrons. The maximum atomic E-state index is 5.28. The Morgan fingerprint density at radius 3 is 0.644 bits per heavy atom. The first-order chi connectivity index (χ1) is 65.5. The fraction of sp³-hybridized carbons (Fsp3) is 0. The van der Waals surface area contributed by atoms with E-state index in [9.17, 15) is 0 Å². The molecule has 0 saturated heterocycles. The Morgan fingerprint density at radius 2 is 0.348 bits per heavy atom. The van der Waals surface area contributed by atoms with Crippen LogP contribution in [0.4, 0.5) is 0 Å². The molecule has 18 aromatic carbocycles. The van der Waals surface area contributed by atoms with E-state index in [4.69, 9.17) is 34.9 Å². The third-order valence-corrected chi connectivity index (χ3v) is 25.4. The number of hydrogen-bond donors (Lipinski definition) is 0. The third-order valence-electron chi connectivity index (χ3n) is 25.4. The second-order valence-corrected chi connectivity index (χ2v) is 33.0. The van der Waals surface area contributed by atoms with E-state index in [1.54, 1.807) is 0 Å². The van der Waals surface area contributed by atoms with Gasteiger partial charge in [-0.25, -0.2) is 24.9 Å². The van der Waals surface area contributed by atoms with Crippen LogP contribution >= 0.6 is 0 Å². The van der Waals surface area contributed by atoms with Gasteiger partial charge in [-0.3, -0.25) is 13.7 Å². The molecule has 27 rings (SSSR count). The Morgan fingerprint density at radius 1 is 0.136 bits per heavy atom. The molecule has 0 spiro atoms. The molecule has 0 bridgehead atoms. The van der Waals surface area contributed by atoms with Gasteiger partial charge in [0.15, 0.2) is 17.5 Å². The summed E-state index contributed by atoms with van der Waals surface area (Å²) in [6, 6.07) is 163. The molecule has 9 aromatic heterocycles. The summed E-state index contributed by atoms with van der Waals surface area (Å²) in [6.07, 6.45) is 0. The molecule has 0 radical (unpaired) electrons. The average molecular weight is 1690 g/mol. The van der Waals surface area contributed by atoms with Crippen LogP contribution in [0.25, 0.3) is 234 Å². The fourth-order valence-electron chi connectivity index (χ4n) is 19.7. The van der Waals surface area contributed by atoms with Gasteiger partial charge in [-0.05, 0) is 78.9 Å². The molecule has 0 aliphatic heterocycles. The van der Waals surface area contributed by atoms with Crippen LogP contribution < -0.4 is 0 Å².